The molecule has 1 aliphatic rings. The topological polar surface area (TPSA) is 79.8 Å². The molecule has 29 heavy (non-hydrogen) atoms. The number of amides is 1. The SMILES string of the molecule is Cc1cc2ncc(CN(C)C)c([C@H]3CCCN3C(=O)Cc3c(C)noc3C)n2n1. The molecule has 4 heterocycles. The number of fused-ring (bicyclic) bond motifs is 1. The molecule has 0 aliphatic carbocycles. The molecule has 0 aromatic carbocycles. The summed E-state index contributed by atoms with van der Waals surface area (Å²) in [5, 5.41) is 8.69. The summed E-state index contributed by atoms with van der Waals surface area (Å²) in [5.74, 6) is 0.820. The van der Waals surface area contributed by atoms with Gasteiger partial charge in [-0.2, -0.15) is 5.10 Å². The van der Waals surface area contributed by atoms with E-state index in [4.69, 9.17) is 9.62 Å². The molecule has 8 nitrogen and oxygen atoms in total. The van der Waals surface area contributed by atoms with Gasteiger partial charge in [0.05, 0.1) is 29.5 Å². The van der Waals surface area contributed by atoms with E-state index in [0.717, 1.165) is 59.8 Å². The van der Waals surface area contributed by atoms with Crippen LogP contribution in [0.3, 0.4) is 0 Å². The summed E-state index contributed by atoms with van der Waals surface area (Å²) in [6, 6.07) is 1.97. The Kier molecular flexibility index (Phi) is 5.12. The Bertz CT molecular complexity index is 1030. The Balaban J connectivity index is 1.72. The van der Waals surface area contributed by atoms with Gasteiger partial charge in [0.15, 0.2) is 5.65 Å². The van der Waals surface area contributed by atoms with Crippen LogP contribution in [0.2, 0.25) is 0 Å². The molecule has 8 heteroatoms. The monoisotopic (exact) mass is 396 g/mol. The highest BCUT2D eigenvalue weighted by Gasteiger charge is 2.34. The summed E-state index contributed by atoms with van der Waals surface area (Å²) in [6.07, 6.45) is 4.14. The van der Waals surface area contributed by atoms with Gasteiger partial charge in [-0.1, -0.05) is 5.16 Å². The zero-order chi connectivity index (χ0) is 20.7. The third kappa shape index (κ3) is 3.64. The molecule has 0 spiro atoms. The quantitative estimate of drug-likeness (QED) is 0.660. The van der Waals surface area contributed by atoms with E-state index < -0.39 is 0 Å². The van der Waals surface area contributed by atoms with Gasteiger partial charge >= 0.3 is 0 Å². The van der Waals surface area contributed by atoms with Crippen LogP contribution in [0.15, 0.2) is 16.8 Å². The van der Waals surface area contributed by atoms with Crippen molar-refractivity contribution < 1.29 is 9.32 Å². The molecule has 154 valence electrons. The van der Waals surface area contributed by atoms with Gasteiger partial charge in [-0.3, -0.25) is 4.79 Å². The maximum Gasteiger partial charge on any atom is 0.227 e. The molecule has 0 N–H and O–H groups in total. The van der Waals surface area contributed by atoms with E-state index in [2.05, 4.69) is 15.0 Å². The van der Waals surface area contributed by atoms with Crippen molar-refractivity contribution in [3.63, 3.8) is 0 Å². The lowest BCUT2D eigenvalue weighted by atomic mass is 10.0. The van der Waals surface area contributed by atoms with E-state index in [1.165, 1.54) is 0 Å². The minimum Gasteiger partial charge on any atom is -0.361 e. The number of hydrogen-bond acceptors (Lipinski definition) is 6. The van der Waals surface area contributed by atoms with Crippen LogP contribution in [0.4, 0.5) is 0 Å². The predicted molar refractivity (Wildman–Crippen MR) is 108 cm³/mol. The number of carbonyl (C=O) groups is 1. The molecule has 1 fully saturated rings. The van der Waals surface area contributed by atoms with Crippen molar-refractivity contribution in [2.75, 3.05) is 20.6 Å². The number of likely N-dealkylation sites (tertiary alicyclic amines) is 1. The van der Waals surface area contributed by atoms with Gasteiger partial charge in [0.2, 0.25) is 5.91 Å². The van der Waals surface area contributed by atoms with E-state index in [9.17, 15) is 4.79 Å². The first kappa shape index (κ1) is 19.6. The standard InChI is InChI=1S/C21H28N6O2/c1-13-9-19-22-11-16(12-25(4)5)21(27(19)23-13)18-7-6-8-26(18)20(28)10-17-14(2)24-29-15(17)3/h9,11,18H,6-8,10,12H2,1-5H3/t18-/m1/s1. The number of nitrogens with zero attached hydrogens (tertiary/aromatic N) is 6. The smallest absolute Gasteiger partial charge is 0.227 e. The van der Waals surface area contributed by atoms with Gasteiger partial charge in [0.1, 0.15) is 5.76 Å². The number of carbonyl (C=O) groups excluding carboxylic acids is 1. The van der Waals surface area contributed by atoms with Crippen LogP contribution >= 0.6 is 0 Å². The Labute approximate surface area is 170 Å². The van der Waals surface area contributed by atoms with Crippen molar-refractivity contribution in [1.82, 2.24) is 29.6 Å². The highest BCUT2D eigenvalue weighted by Crippen LogP contribution is 2.35. The first-order valence-electron chi connectivity index (χ1n) is 10.0. The lowest BCUT2D eigenvalue weighted by Crippen LogP contribution is -2.34. The minimum atomic E-state index is -0.0114. The number of hydrogen-bond donors (Lipinski definition) is 0. The molecule has 3 aromatic heterocycles. The first-order chi connectivity index (χ1) is 13.8. The third-order valence-electron chi connectivity index (χ3n) is 5.61. The number of aryl methyl sites for hydroxylation is 3. The van der Waals surface area contributed by atoms with E-state index in [1.54, 1.807) is 0 Å². The largest absolute Gasteiger partial charge is 0.361 e. The Morgan fingerprint density at radius 1 is 1.31 bits per heavy atom. The molecule has 3 aromatic rings. The summed E-state index contributed by atoms with van der Waals surface area (Å²) in [4.78, 5) is 22.0. The Morgan fingerprint density at radius 2 is 2.10 bits per heavy atom. The second-order valence-electron chi connectivity index (χ2n) is 8.19. The van der Waals surface area contributed by atoms with Crippen LogP contribution in [0, 0.1) is 20.8 Å². The molecule has 0 radical (unpaired) electrons. The van der Waals surface area contributed by atoms with Gasteiger partial charge in [-0.05, 0) is 47.7 Å². The van der Waals surface area contributed by atoms with Crippen molar-refractivity contribution in [1.29, 1.82) is 0 Å². The molecular weight excluding hydrogens is 368 g/mol. The summed E-state index contributed by atoms with van der Waals surface area (Å²) >= 11 is 0. The molecule has 1 atom stereocenters. The van der Waals surface area contributed by atoms with E-state index in [1.807, 2.05) is 56.5 Å². The number of aromatic nitrogens is 4. The van der Waals surface area contributed by atoms with Crippen molar-refractivity contribution >= 4 is 11.6 Å². The van der Waals surface area contributed by atoms with Gasteiger partial charge in [0.25, 0.3) is 0 Å². The van der Waals surface area contributed by atoms with E-state index in [-0.39, 0.29) is 11.9 Å². The van der Waals surface area contributed by atoms with Crippen molar-refractivity contribution in [2.24, 2.45) is 0 Å². The Hall–Kier alpha value is -2.74. The van der Waals surface area contributed by atoms with Gasteiger partial charge < -0.3 is 14.3 Å². The Morgan fingerprint density at radius 3 is 2.79 bits per heavy atom. The molecule has 1 aliphatic heterocycles. The van der Waals surface area contributed by atoms with E-state index >= 15 is 0 Å². The maximum atomic E-state index is 13.3. The summed E-state index contributed by atoms with van der Waals surface area (Å²) in [5.41, 5.74) is 5.60. The van der Waals surface area contributed by atoms with Gasteiger partial charge in [0, 0.05) is 36.5 Å². The van der Waals surface area contributed by atoms with Crippen molar-refractivity contribution in [3.8, 4) is 0 Å². The summed E-state index contributed by atoms with van der Waals surface area (Å²) < 4.78 is 7.18. The fourth-order valence-electron chi connectivity index (χ4n) is 4.28. The summed E-state index contributed by atoms with van der Waals surface area (Å²) in [6.45, 7) is 7.21. The second-order valence-corrected chi connectivity index (χ2v) is 8.19. The van der Waals surface area contributed by atoms with Crippen LogP contribution in [0.25, 0.3) is 5.65 Å². The molecule has 1 amide bonds. The molecular formula is C21H28N6O2. The van der Waals surface area contributed by atoms with Crippen LogP contribution < -0.4 is 0 Å². The van der Waals surface area contributed by atoms with Crippen LogP contribution in [-0.2, 0) is 17.8 Å². The zero-order valence-electron chi connectivity index (χ0n) is 17.8. The average Bonchev–Trinajstić information content (AvgIpc) is 3.35. The average molecular weight is 396 g/mol. The highest BCUT2D eigenvalue weighted by atomic mass is 16.5. The van der Waals surface area contributed by atoms with Gasteiger partial charge in [-0.15, -0.1) is 0 Å². The maximum absolute atomic E-state index is 13.3. The zero-order valence-corrected chi connectivity index (χ0v) is 17.8. The molecule has 0 saturated carbocycles. The molecule has 1 saturated heterocycles. The fraction of sp³-hybridized carbons (Fsp3) is 0.524. The summed E-state index contributed by atoms with van der Waals surface area (Å²) in [7, 11) is 4.08. The second kappa shape index (κ2) is 7.59. The lowest BCUT2D eigenvalue weighted by molar-refractivity contribution is -0.131. The third-order valence-corrected chi connectivity index (χ3v) is 5.61. The minimum absolute atomic E-state index is 0.0114. The molecule has 0 unspecified atom stereocenters. The van der Waals surface area contributed by atoms with Crippen molar-refractivity contribution in [3.05, 3.63) is 46.2 Å². The lowest BCUT2D eigenvalue weighted by Gasteiger charge is -2.27. The molecule has 4 rings (SSSR count). The van der Waals surface area contributed by atoms with Crippen LogP contribution in [-0.4, -0.2) is 56.1 Å². The van der Waals surface area contributed by atoms with Crippen LogP contribution in [0.1, 0.15) is 52.9 Å². The predicted octanol–water partition coefficient (Wildman–Crippen LogP) is 2.61. The van der Waals surface area contributed by atoms with E-state index in [0.29, 0.717) is 12.2 Å². The van der Waals surface area contributed by atoms with Crippen molar-refractivity contribution in [2.45, 2.75) is 52.6 Å². The highest BCUT2D eigenvalue weighted by molar-refractivity contribution is 5.80. The van der Waals surface area contributed by atoms with Gasteiger partial charge in [-0.25, -0.2) is 9.50 Å². The molecule has 0 bridgehead atoms. The normalized spacial score (nSPS) is 17.0. The number of rotatable bonds is 5. The first-order valence-corrected chi connectivity index (χ1v) is 10.0. The fourth-order valence-corrected chi connectivity index (χ4v) is 4.28. The van der Waals surface area contributed by atoms with Crippen LogP contribution in [0.5, 0.6) is 0 Å².